The largest absolute Gasteiger partial charge is 0.0625 e. The fraction of sp³-hybridized carbons (Fsp3) is 0.950. The molecule has 2 aliphatic carbocycles. The van der Waals surface area contributed by atoms with Crippen LogP contribution in [0, 0.1) is 47.3 Å². The van der Waals surface area contributed by atoms with Gasteiger partial charge in [0.1, 0.15) is 0 Å². The van der Waals surface area contributed by atoms with Gasteiger partial charge in [-0.1, -0.05) is 54.4 Å². The first-order valence-electron chi connectivity index (χ1n) is 9.25. The standard InChI is InChI=1S/C20H37/c1-13(2)17-9-7-15(5)11-19(17)20-12-16(6)8-10-18(20)14(3)4/h13-19H,7-12H2,1-6H3. The Morgan fingerprint density at radius 2 is 1.45 bits per heavy atom. The summed E-state index contributed by atoms with van der Waals surface area (Å²) in [7, 11) is 0. The zero-order valence-electron chi connectivity index (χ0n) is 14.8. The summed E-state index contributed by atoms with van der Waals surface area (Å²) in [5, 5.41) is 0. The average Bonchev–Trinajstić information content (AvgIpc) is 2.37. The smallest absolute Gasteiger partial charge is 0.0171 e. The van der Waals surface area contributed by atoms with Gasteiger partial charge < -0.3 is 0 Å². The van der Waals surface area contributed by atoms with Gasteiger partial charge in [-0.2, -0.15) is 0 Å². The van der Waals surface area contributed by atoms with Gasteiger partial charge in [-0.3, -0.25) is 0 Å². The van der Waals surface area contributed by atoms with E-state index >= 15 is 0 Å². The molecule has 1 radical (unpaired) electrons. The van der Waals surface area contributed by atoms with Crippen molar-refractivity contribution in [2.24, 2.45) is 41.4 Å². The third-order valence-corrected chi connectivity index (χ3v) is 6.33. The van der Waals surface area contributed by atoms with Gasteiger partial charge in [-0.15, -0.1) is 0 Å². The fourth-order valence-electron chi connectivity index (χ4n) is 5.12. The van der Waals surface area contributed by atoms with Gasteiger partial charge in [0.05, 0.1) is 0 Å². The third-order valence-electron chi connectivity index (χ3n) is 6.33. The van der Waals surface area contributed by atoms with Crippen LogP contribution in [0.4, 0.5) is 0 Å². The first kappa shape index (κ1) is 16.4. The maximum atomic E-state index is 2.49. The highest BCUT2D eigenvalue weighted by Gasteiger charge is 2.42. The quantitative estimate of drug-likeness (QED) is 0.563. The first-order valence-corrected chi connectivity index (χ1v) is 9.25. The van der Waals surface area contributed by atoms with Crippen LogP contribution in [0.2, 0.25) is 0 Å². The van der Waals surface area contributed by atoms with Crippen LogP contribution >= 0.6 is 0 Å². The molecule has 0 aromatic rings. The van der Waals surface area contributed by atoms with Crippen LogP contribution in [0.3, 0.4) is 0 Å². The molecule has 2 rings (SSSR count). The molecule has 0 spiro atoms. The van der Waals surface area contributed by atoms with Crippen molar-refractivity contribution in [3.63, 3.8) is 0 Å². The molecular formula is C20H37. The molecule has 0 heterocycles. The van der Waals surface area contributed by atoms with Crippen molar-refractivity contribution in [3.05, 3.63) is 5.92 Å². The lowest BCUT2D eigenvalue weighted by molar-refractivity contribution is 0.105. The van der Waals surface area contributed by atoms with E-state index in [0.717, 1.165) is 41.4 Å². The second-order valence-electron chi connectivity index (χ2n) is 8.74. The van der Waals surface area contributed by atoms with Crippen LogP contribution in [0.1, 0.15) is 80.1 Å². The van der Waals surface area contributed by atoms with E-state index in [1.165, 1.54) is 38.5 Å². The monoisotopic (exact) mass is 277 g/mol. The average molecular weight is 278 g/mol. The predicted molar refractivity (Wildman–Crippen MR) is 89.4 cm³/mol. The molecule has 117 valence electrons. The highest BCUT2D eigenvalue weighted by Crippen LogP contribution is 2.51. The Hall–Kier alpha value is 0. The van der Waals surface area contributed by atoms with Gasteiger partial charge in [0.15, 0.2) is 0 Å². The Kier molecular flexibility index (Phi) is 5.60. The minimum Gasteiger partial charge on any atom is -0.0625 e. The predicted octanol–water partition coefficient (Wildman–Crippen LogP) is 6.36. The van der Waals surface area contributed by atoms with Crippen molar-refractivity contribution >= 4 is 0 Å². The molecule has 0 nitrogen and oxygen atoms in total. The molecule has 0 bridgehead atoms. The maximum absolute atomic E-state index is 2.49. The molecule has 0 heteroatoms. The zero-order chi connectivity index (χ0) is 14.9. The van der Waals surface area contributed by atoms with Gasteiger partial charge in [-0.05, 0) is 73.0 Å². The van der Waals surface area contributed by atoms with Crippen LogP contribution < -0.4 is 0 Å². The molecule has 0 N–H and O–H groups in total. The van der Waals surface area contributed by atoms with Crippen molar-refractivity contribution in [3.8, 4) is 0 Å². The highest BCUT2D eigenvalue weighted by molar-refractivity contribution is 5.09. The SMILES string of the molecule is CC1CCC(C(C)C)[C](C2CC(C)CCC2C(C)C)C1. The summed E-state index contributed by atoms with van der Waals surface area (Å²) in [6.07, 6.45) is 8.78. The zero-order valence-corrected chi connectivity index (χ0v) is 14.8. The second-order valence-corrected chi connectivity index (χ2v) is 8.74. The lowest BCUT2D eigenvalue weighted by atomic mass is 9.57. The minimum absolute atomic E-state index is 0.850. The fourth-order valence-corrected chi connectivity index (χ4v) is 5.12. The third kappa shape index (κ3) is 3.60. The Bertz CT molecular complexity index is 260. The van der Waals surface area contributed by atoms with E-state index in [1.54, 1.807) is 0 Å². The minimum atomic E-state index is 0.850. The summed E-state index contributed by atoms with van der Waals surface area (Å²) in [5.74, 6) is 8.42. The number of hydrogen-bond acceptors (Lipinski definition) is 0. The summed E-state index contributed by atoms with van der Waals surface area (Å²) in [5.41, 5.74) is 0. The van der Waals surface area contributed by atoms with Crippen LogP contribution in [-0.4, -0.2) is 0 Å². The van der Waals surface area contributed by atoms with Crippen LogP contribution in [-0.2, 0) is 0 Å². The van der Waals surface area contributed by atoms with Gasteiger partial charge in [0, 0.05) is 0 Å². The lowest BCUT2D eigenvalue weighted by Gasteiger charge is -2.48. The molecular weight excluding hydrogens is 240 g/mol. The summed E-state index contributed by atoms with van der Waals surface area (Å²) >= 11 is 0. The molecule has 2 aliphatic rings. The molecule has 0 aliphatic heterocycles. The van der Waals surface area contributed by atoms with Crippen molar-refractivity contribution < 1.29 is 0 Å². The van der Waals surface area contributed by atoms with E-state index in [4.69, 9.17) is 0 Å². The topological polar surface area (TPSA) is 0 Å². The lowest BCUT2D eigenvalue weighted by Crippen LogP contribution is -2.39. The molecule has 2 fully saturated rings. The highest BCUT2D eigenvalue weighted by atomic mass is 14.5. The molecule has 2 saturated carbocycles. The van der Waals surface area contributed by atoms with Crippen molar-refractivity contribution in [2.45, 2.75) is 80.1 Å². The summed E-state index contributed by atoms with van der Waals surface area (Å²) < 4.78 is 0. The molecule has 5 unspecified atom stereocenters. The second kappa shape index (κ2) is 6.84. The van der Waals surface area contributed by atoms with E-state index in [1.807, 2.05) is 5.92 Å². The van der Waals surface area contributed by atoms with E-state index in [-0.39, 0.29) is 0 Å². The van der Waals surface area contributed by atoms with Crippen LogP contribution in [0.5, 0.6) is 0 Å². The first-order chi connectivity index (χ1) is 9.40. The van der Waals surface area contributed by atoms with Crippen molar-refractivity contribution in [1.82, 2.24) is 0 Å². The Balaban J connectivity index is 2.18. The van der Waals surface area contributed by atoms with E-state index in [9.17, 15) is 0 Å². The van der Waals surface area contributed by atoms with E-state index < -0.39 is 0 Å². The summed E-state index contributed by atoms with van der Waals surface area (Å²) in [6, 6.07) is 0. The van der Waals surface area contributed by atoms with Gasteiger partial charge in [0.2, 0.25) is 0 Å². The van der Waals surface area contributed by atoms with Gasteiger partial charge >= 0.3 is 0 Å². The van der Waals surface area contributed by atoms with E-state index in [0.29, 0.717) is 0 Å². The summed E-state index contributed by atoms with van der Waals surface area (Å²) in [6.45, 7) is 14.8. The Morgan fingerprint density at radius 3 is 2.05 bits per heavy atom. The van der Waals surface area contributed by atoms with Crippen molar-refractivity contribution in [1.29, 1.82) is 0 Å². The normalized spacial score (nSPS) is 40.5. The van der Waals surface area contributed by atoms with Crippen LogP contribution in [0.25, 0.3) is 0 Å². The molecule has 0 aromatic carbocycles. The summed E-state index contributed by atoms with van der Waals surface area (Å²) in [4.78, 5) is 0. The molecule has 20 heavy (non-hydrogen) atoms. The van der Waals surface area contributed by atoms with E-state index in [2.05, 4.69) is 41.5 Å². The number of rotatable bonds is 3. The van der Waals surface area contributed by atoms with Gasteiger partial charge in [-0.25, -0.2) is 0 Å². The van der Waals surface area contributed by atoms with Crippen LogP contribution in [0.15, 0.2) is 0 Å². The molecule has 5 atom stereocenters. The molecule has 0 amide bonds. The van der Waals surface area contributed by atoms with Crippen molar-refractivity contribution in [2.75, 3.05) is 0 Å². The Labute approximate surface area is 128 Å². The molecule has 0 saturated heterocycles. The molecule has 0 aromatic heterocycles. The number of hydrogen-bond donors (Lipinski definition) is 0. The maximum Gasteiger partial charge on any atom is -0.0171 e. The van der Waals surface area contributed by atoms with Gasteiger partial charge in [0.25, 0.3) is 0 Å². The Morgan fingerprint density at radius 1 is 0.800 bits per heavy atom.